The number of rotatable bonds is 3. The molecule has 16 heavy (non-hydrogen) atoms. The highest BCUT2D eigenvalue weighted by Crippen LogP contribution is 2.43. The number of esters is 1. The van der Waals surface area contributed by atoms with Gasteiger partial charge in [-0.25, -0.2) is 4.79 Å². The van der Waals surface area contributed by atoms with Crippen LogP contribution < -0.4 is 5.73 Å². The first-order valence-electron chi connectivity index (χ1n) is 5.58. The van der Waals surface area contributed by atoms with E-state index >= 15 is 0 Å². The van der Waals surface area contributed by atoms with Gasteiger partial charge in [0, 0.05) is 25.2 Å². The Morgan fingerprint density at radius 2 is 2.31 bits per heavy atom. The molecule has 0 bridgehead atoms. The van der Waals surface area contributed by atoms with Crippen LogP contribution >= 0.6 is 0 Å². The molecular weight excluding hydrogens is 204 g/mol. The van der Waals surface area contributed by atoms with Gasteiger partial charge < -0.3 is 15.0 Å². The molecule has 0 aliphatic heterocycles. The van der Waals surface area contributed by atoms with Gasteiger partial charge in [0.05, 0.1) is 7.11 Å². The van der Waals surface area contributed by atoms with E-state index in [1.54, 1.807) is 0 Å². The van der Waals surface area contributed by atoms with Gasteiger partial charge in [-0.3, -0.25) is 0 Å². The summed E-state index contributed by atoms with van der Waals surface area (Å²) in [6, 6.07) is 1.91. The fraction of sp³-hybridized carbons (Fsp3) is 0.583. The summed E-state index contributed by atoms with van der Waals surface area (Å²) in [6.07, 6.45) is 5.46. The highest BCUT2D eigenvalue weighted by molar-refractivity contribution is 5.88. The van der Waals surface area contributed by atoms with Crippen molar-refractivity contribution in [3.63, 3.8) is 0 Å². The van der Waals surface area contributed by atoms with Crippen molar-refractivity contribution in [2.75, 3.05) is 13.7 Å². The third-order valence-electron chi connectivity index (χ3n) is 3.71. The second-order valence-corrected chi connectivity index (χ2v) is 4.55. The maximum absolute atomic E-state index is 11.5. The fourth-order valence-electron chi connectivity index (χ4n) is 2.38. The largest absolute Gasteiger partial charge is 0.464 e. The molecule has 2 N–H and O–H groups in total. The molecule has 2 rings (SSSR count). The minimum atomic E-state index is -0.291. The number of aryl methyl sites for hydroxylation is 1. The third kappa shape index (κ3) is 1.53. The second kappa shape index (κ2) is 3.94. The van der Waals surface area contributed by atoms with Crippen LogP contribution in [0.2, 0.25) is 0 Å². The lowest BCUT2D eigenvalue weighted by Crippen LogP contribution is -2.41. The van der Waals surface area contributed by atoms with Crippen LogP contribution in [-0.2, 0) is 17.2 Å². The van der Waals surface area contributed by atoms with Crippen molar-refractivity contribution in [2.45, 2.75) is 24.7 Å². The Bertz CT molecular complexity index is 400. The Balaban J connectivity index is 2.33. The molecule has 4 heteroatoms. The van der Waals surface area contributed by atoms with Gasteiger partial charge in [-0.2, -0.15) is 0 Å². The van der Waals surface area contributed by atoms with E-state index in [-0.39, 0.29) is 11.4 Å². The number of carbonyl (C=O) groups is 1. The summed E-state index contributed by atoms with van der Waals surface area (Å²) in [5.74, 6) is -0.291. The summed E-state index contributed by atoms with van der Waals surface area (Å²) < 4.78 is 6.55. The zero-order valence-corrected chi connectivity index (χ0v) is 9.82. The highest BCUT2D eigenvalue weighted by Gasteiger charge is 2.38. The quantitative estimate of drug-likeness (QED) is 0.782. The molecule has 0 unspecified atom stereocenters. The predicted octanol–water partition coefficient (Wildman–Crippen LogP) is 1.19. The number of hydrogen-bond donors (Lipinski definition) is 1. The molecule has 0 spiro atoms. The van der Waals surface area contributed by atoms with Crippen LogP contribution in [0.1, 0.15) is 35.3 Å². The average Bonchev–Trinajstić information content (AvgIpc) is 2.59. The molecule has 4 nitrogen and oxygen atoms in total. The number of nitrogens with two attached hydrogens (primary N) is 1. The standard InChI is InChI=1S/C12H18N2O2/c1-14-7-9(6-10(14)11(15)16-2)12(8-13)4-3-5-12/h6-7H,3-5,8,13H2,1-2H3. The van der Waals surface area contributed by atoms with Crippen LogP contribution in [0.15, 0.2) is 12.3 Å². The molecule has 1 aromatic rings. The first kappa shape index (κ1) is 11.2. The Morgan fingerprint density at radius 3 is 2.75 bits per heavy atom. The molecule has 1 saturated carbocycles. The van der Waals surface area contributed by atoms with Crippen LogP contribution in [0.5, 0.6) is 0 Å². The molecular formula is C12H18N2O2. The molecule has 88 valence electrons. The van der Waals surface area contributed by atoms with Crippen molar-refractivity contribution in [2.24, 2.45) is 12.8 Å². The minimum Gasteiger partial charge on any atom is -0.464 e. The van der Waals surface area contributed by atoms with E-state index in [0.717, 1.165) is 12.8 Å². The minimum absolute atomic E-state index is 0.101. The van der Waals surface area contributed by atoms with E-state index < -0.39 is 0 Å². The van der Waals surface area contributed by atoms with Crippen LogP contribution in [0.25, 0.3) is 0 Å². The fourth-order valence-corrected chi connectivity index (χ4v) is 2.38. The molecule has 0 atom stereocenters. The molecule has 1 heterocycles. The van der Waals surface area contributed by atoms with Crippen molar-refractivity contribution < 1.29 is 9.53 Å². The third-order valence-corrected chi connectivity index (χ3v) is 3.71. The molecule has 0 aromatic carbocycles. The number of methoxy groups -OCH3 is 1. The number of hydrogen-bond acceptors (Lipinski definition) is 3. The summed E-state index contributed by atoms with van der Waals surface area (Å²) in [6.45, 7) is 0.650. The predicted molar refractivity (Wildman–Crippen MR) is 61.3 cm³/mol. The molecule has 0 saturated heterocycles. The van der Waals surface area contributed by atoms with Gasteiger partial charge in [0.25, 0.3) is 0 Å². The number of aromatic nitrogens is 1. The average molecular weight is 222 g/mol. The first-order valence-corrected chi connectivity index (χ1v) is 5.58. The van der Waals surface area contributed by atoms with Gasteiger partial charge in [-0.15, -0.1) is 0 Å². The summed E-state index contributed by atoms with van der Waals surface area (Å²) in [4.78, 5) is 11.5. The Hall–Kier alpha value is -1.29. The summed E-state index contributed by atoms with van der Waals surface area (Å²) in [5, 5.41) is 0. The van der Waals surface area contributed by atoms with E-state index in [0.29, 0.717) is 12.2 Å². The Labute approximate surface area is 95.4 Å². The lowest BCUT2D eigenvalue weighted by atomic mass is 9.65. The Kier molecular flexibility index (Phi) is 2.76. The zero-order valence-electron chi connectivity index (χ0n) is 9.82. The summed E-state index contributed by atoms with van der Waals surface area (Å²) >= 11 is 0. The van der Waals surface area contributed by atoms with Crippen molar-refractivity contribution in [3.05, 3.63) is 23.5 Å². The second-order valence-electron chi connectivity index (χ2n) is 4.55. The first-order chi connectivity index (χ1) is 7.63. The number of nitrogens with zero attached hydrogens (tertiary/aromatic N) is 1. The van der Waals surface area contributed by atoms with Crippen LogP contribution in [0.4, 0.5) is 0 Å². The van der Waals surface area contributed by atoms with Gasteiger partial charge in [0.15, 0.2) is 0 Å². The lowest BCUT2D eigenvalue weighted by molar-refractivity contribution is 0.0590. The lowest BCUT2D eigenvalue weighted by Gasteiger charge is -2.40. The highest BCUT2D eigenvalue weighted by atomic mass is 16.5. The van der Waals surface area contributed by atoms with Gasteiger partial charge in [-0.05, 0) is 24.5 Å². The summed E-state index contributed by atoms with van der Waals surface area (Å²) in [7, 11) is 3.26. The topological polar surface area (TPSA) is 57.2 Å². The normalized spacial score (nSPS) is 17.9. The van der Waals surface area contributed by atoms with Gasteiger partial charge in [-0.1, -0.05) is 6.42 Å². The SMILES string of the molecule is COC(=O)c1cc(C2(CN)CCC2)cn1C. The van der Waals surface area contributed by atoms with Crippen LogP contribution in [0.3, 0.4) is 0 Å². The van der Waals surface area contributed by atoms with Gasteiger partial charge >= 0.3 is 5.97 Å². The molecule has 0 amide bonds. The number of ether oxygens (including phenoxy) is 1. The van der Waals surface area contributed by atoms with Gasteiger partial charge in [0.1, 0.15) is 5.69 Å². The zero-order chi connectivity index (χ0) is 11.8. The van der Waals surface area contributed by atoms with E-state index in [1.807, 2.05) is 23.9 Å². The van der Waals surface area contributed by atoms with Crippen molar-refractivity contribution >= 4 is 5.97 Å². The summed E-state index contributed by atoms with van der Waals surface area (Å²) in [5.41, 5.74) is 7.71. The molecule has 1 fully saturated rings. The molecule has 0 radical (unpaired) electrons. The molecule has 1 aliphatic rings. The van der Waals surface area contributed by atoms with Crippen molar-refractivity contribution in [3.8, 4) is 0 Å². The van der Waals surface area contributed by atoms with Gasteiger partial charge in [0.2, 0.25) is 0 Å². The van der Waals surface area contributed by atoms with E-state index in [4.69, 9.17) is 10.5 Å². The Morgan fingerprint density at radius 1 is 1.62 bits per heavy atom. The van der Waals surface area contributed by atoms with E-state index in [2.05, 4.69) is 0 Å². The number of carbonyl (C=O) groups excluding carboxylic acids is 1. The molecule has 1 aromatic heterocycles. The maximum atomic E-state index is 11.5. The van der Waals surface area contributed by atoms with Crippen molar-refractivity contribution in [1.82, 2.24) is 4.57 Å². The smallest absolute Gasteiger partial charge is 0.354 e. The van der Waals surface area contributed by atoms with Crippen LogP contribution in [0, 0.1) is 0 Å². The van der Waals surface area contributed by atoms with E-state index in [9.17, 15) is 4.79 Å². The van der Waals surface area contributed by atoms with Crippen LogP contribution in [-0.4, -0.2) is 24.2 Å². The monoisotopic (exact) mass is 222 g/mol. The van der Waals surface area contributed by atoms with Crippen molar-refractivity contribution in [1.29, 1.82) is 0 Å². The molecule has 1 aliphatic carbocycles. The van der Waals surface area contributed by atoms with E-state index in [1.165, 1.54) is 19.1 Å². The maximum Gasteiger partial charge on any atom is 0.354 e.